The Bertz CT molecular complexity index is 887. The molecule has 1 aliphatic heterocycles. The van der Waals surface area contributed by atoms with E-state index in [1.807, 2.05) is 30.3 Å². The first-order valence-corrected chi connectivity index (χ1v) is 7.30. The second kappa shape index (κ2) is 4.19. The molecule has 104 valence electrons. The van der Waals surface area contributed by atoms with Crippen LogP contribution >= 0.6 is 15.9 Å². The highest BCUT2D eigenvalue weighted by Crippen LogP contribution is 2.44. The van der Waals surface area contributed by atoms with Gasteiger partial charge in [0.15, 0.2) is 5.60 Å². The summed E-state index contributed by atoms with van der Waals surface area (Å²) in [5, 5.41) is 14.7. The normalized spacial score (nSPS) is 20.6. The summed E-state index contributed by atoms with van der Waals surface area (Å²) >= 11 is 3.39. The van der Waals surface area contributed by atoms with Crippen LogP contribution in [0.1, 0.15) is 11.1 Å². The molecule has 0 saturated heterocycles. The van der Waals surface area contributed by atoms with E-state index in [1.165, 1.54) is 0 Å². The summed E-state index contributed by atoms with van der Waals surface area (Å²) in [5.41, 5.74) is 0.964. The van der Waals surface area contributed by atoms with Gasteiger partial charge in [-0.25, -0.2) is 0 Å². The van der Waals surface area contributed by atoms with Crippen LogP contribution in [0.15, 0.2) is 53.1 Å². The highest BCUT2D eigenvalue weighted by atomic mass is 79.9. The summed E-state index contributed by atoms with van der Waals surface area (Å²) in [6.45, 7) is 0. The third kappa shape index (κ3) is 1.61. The van der Waals surface area contributed by atoms with Gasteiger partial charge in [0.25, 0.3) is 5.91 Å². The number of para-hydroxylation sites is 1. The first-order chi connectivity index (χ1) is 10.1. The standard InChI is InChI=1S/C16H11BrN2O2/c17-9-5-6-14-11(7-9)16(21,15(20)19-14)12-8-18-13-4-2-1-3-10(12)13/h1-8,18,21H,(H,19,20)/t16-/m0/s1. The molecule has 0 fully saturated rings. The maximum atomic E-state index is 12.4. The number of halogens is 1. The second-order valence-electron chi connectivity index (χ2n) is 5.10. The number of amides is 1. The number of aromatic nitrogens is 1. The topological polar surface area (TPSA) is 65.1 Å². The van der Waals surface area contributed by atoms with Gasteiger partial charge in [-0.05, 0) is 24.3 Å². The molecule has 1 amide bonds. The predicted molar refractivity (Wildman–Crippen MR) is 84.1 cm³/mol. The molecule has 0 aliphatic carbocycles. The van der Waals surface area contributed by atoms with Gasteiger partial charge in [0.2, 0.25) is 0 Å². The van der Waals surface area contributed by atoms with E-state index >= 15 is 0 Å². The van der Waals surface area contributed by atoms with E-state index in [0.29, 0.717) is 16.8 Å². The van der Waals surface area contributed by atoms with Crippen molar-refractivity contribution < 1.29 is 9.90 Å². The number of rotatable bonds is 1. The number of aromatic amines is 1. The monoisotopic (exact) mass is 342 g/mol. The molecule has 0 radical (unpaired) electrons. The van der Waals surface area contributed by atoms with Crippen molar-refractivity contribution in [3.05, 3.63) is 64.3 Å². The molecule has 21 heavy (non-hydrogen) atoms. The number of H-pyrrole nitrogens is 1. The van der Waals surface area contributed by atoms with Crippen molar-refractivity contribution in [2.24, 2.45) is 0 Å². The number of anilines is 1. The Labute approximate surface area is 128 Å². The number of hydrogen-bond acceptors (Lipinski definition) is 2. The molecule has 0 bridgehead atoms. The van der Waals surface area contributed by atoms with E-state index in [-0.39, 0.29) is 0 Å². The fraction of sp³-hybridized carbons (Fsp3) is 0.0625. The molecular formula is C16H11BrN2O2. The fourth-order valence-electron chi connectivity index (χ4n) is 2.90. The van der Waals surface area contributed by atoms with Crippen LogP contribution in [-0.4, -0.2) is 16.0 Å². The molecule has 1 atom stereocenters. The van der Waals surface area contributed by atoms with Crippen molar-refractivity contribution in [1.82, 2.24) is 4.98 Å². The second-order valence-corrected chi connectivity index (χ2v) is 6.02. The van der Waals surface area contributed by atoms with Crippen molar-refractivity contribution in [2.75, 3.05) is 5.32 Å². The van der Waals surface area contributed by atoms with Gasteiger partial charge in [0.05, 0.1) is 0 Å². The van der Waals surface area contributed by atoms with Gasteiger partial charge in [-0.2, -0.15) is 0 Å². The molecule has 1 aromatic heterocycles. The molecule has 2 heterocycles. The summed E-state index contributed by atoms with van der Waals surface area (Å²) in [5.74, 6) is -0.430. The number of fused-ring (bicyclic) bond motifs is 2. The average molecular weight is 343 g/mol. The van der Waals surface area contributed by atoms with Crippen molar-refractivity contribution >= 4 is 38.4 Å². The lowest BCUT2D eigenvalue weighted by Crippen LogP contribution is -2.35. The molecule has 0 saturated carbocycles. The summed E-state index contributed by atoms with van der Waals surface area (Å²) in [4.78, 5) is 15.5. The minimum absolute atomic E-state index is 0.430. The number of hydrogen-bond donors (Lipinski definition) is 3. The van der Waals surface area contributed by atoms with Crippen molar-refractivity contribution in [3.8, 4) is 0 Å². The van der Waals surface area contributed by atoms with Gasteiger partial charge >= 0.3 is 0 Å². The minimum Gasteiger partial charge on any atom is -0.372 e. The third-order valence-corrected chi connectivity index (χ3v) is 4.42. The quantitative estimate of drug-likeness (QED) is 0.636. The zero-order valence-corrected chi connectivity index (χ0v) is 12.4. The lowest BCUT2D eigenvalue weighted by atomic mass is 9.87. The average Bonchev–Trinajstić information content (AvgIpc) is 3.01. The van der Waals surface area contributed by atoms with Crippen LogP contribution in [0.5, 0.6) is 0 Å². The van der Waals surface area contributed by atoms with Crippen LogP contribution < -0.4 is 5.32 Å². The van der Waals surface area contributed by atoms with Crippen LogP contribution in [0, 0.1) is 0 Å². The van der Waals surface area contributed by atoms with Crippen LogP contribution in [0.3, 0.4) is 0 Å². The summed E-state index contributed by atoms with van der Waals surface area (Å²) < 4.78 is 0.816. The first kappa shape index (κ1) is 12.6. The van der Waals surface area contributed by atoms with Gasteiger partial charge in [0, 0.05) is 38.4 Å². The van der Waals surface area contributed by atoms with Gasteiger partial charge in [0.1, 0.15) is 0 Å². The van der Waals surface area contributed by atoms with Gasteiger partial charge in [-0.15, -0.1) is 0 Å². The maximum absolute atomic E-state index is 12.4. The molecule has 0 spiro atoms. The van der Waals surface area contributed by atoms with E-state index in [9.17, 15) is 9.90 Å². The Morgan fingerprint density at radius 1 is 1.10 bits per heavy atom. The highest BCUT2D eigenvalue weighted by Gasteiger charge is 2.48. The Morgan fingerprint density at radius 2 is 1.90 bits per heavy atom. The molecule has 0 unspecified atom stereocenters. The lowest BCUT2D eigenvalue weighted by Gasteiger charge is -2.20. The molecule has 4 nitrogen and oxygen atoms in total. The Kier molecular flexibility index (Phi) is 2.52. The Balaban J connectivity index is 2.03. The number of carbonyl (C=O) groups excluding carboxylic acids is 1. The Morgan fingerprint density at radius 3 is 2.76 bits per heavy atom. The summed E-state index contributed by atoms with van der Waals surface area (Å²) in [6.07, 6.45) is 1.69. The van der Waals surface area contributed by atoms with Crippen LogP contribution in [0.4, 0.5) is 5.69 Å². The van der Waals surface area contributed by atoms with Crippen LogP contribution in [0.25, 0.3) is 10.9 Å². The van der Waals surface area contributed by atoms with Gasteiger partial charge in [-0.1, -0.05) is 34.1 Å². The van der Waals surface area contributed by atoms with E-state index in [0.717, 1.165) is 15.4 Å². The fourth-order valence-corrected chi connectivity index (χ4v) is 3.26. The molecule has 3 N–H and O–H groups in total. The number of benzene rings is 2. The van der Waals surface area contributed by atoms with Gasteiger partial charge < -0.3 is 15.4 Å². The van der Waals surface area contributed by atoms with Crippen molar-refractivity contribution in [3.63, 3.8) is 0 Å². The first-order valence-electron chi connectivity index (χ1n) is 6.51. The van der Waals surface area contributed by atoms with Crippen LogP contribution in [-0.2, 0) is 10.4 Å². The van der Waals surface area contributed by atoms with Crippen molar-refractivity contribution in [2.45, 2.75) is 5.60 Å². The third-order valence-electron chi connectivity index (χ3n) is 3.93. The molecular weight excluding hydrogens is 332 g/mol. The molecule has 5 heteroatoms. The number of carbonyl (C=O) groups is 1. The predicted octanol–water partition coefficient (Wildman–Crippen LogP) is 3.12. The number of aliphatic hydroxyl groups is 1. The van der Waals surface area contributed by atoms with E-state index in [4.69, 9.17) is 0 Å². The molecule has 3 aromatic rings. The zero-order valence-electron chi connectivity index (χ0n) is 10.9. The largest absolute Gasteiger partial charge is 0.372 e. The van der Waals surface area contributed by atoms with E-state index < -0.39 is 11.5 Å². The Hall–Kier alpha value is -2.11. The molecule has 4 rings (SSSR count). The van der Waals surface area contributed by atoms with Crippen molar-refractivity contribution in [1.29, 1.82) is 0 Å². The van der Waals surface area contributed by atoms with E-state index in [2.05, 4.69) is 26.2 Å². The smallest absolute Gasteiger partial charge is 0.265 e. The minimum atomic E-state index is -1.68. The molecule has 2 aromatic carbocycles. The zero-order chi connectivity index (χ0) is 14.6. The maximum Gasteiger partial charge on any atom is 0.265 e. The SMILES string of the molecule is O=C1Nc2ccc(Br)cc2[C@]1(O)c1c[nH]c2ccccc12. The van der Waals surface area contributed by atoms with Crippen LogP contribution in [0.2, 0.25) is 0 Å². The van der Waals surface area contributed by atoms with E-state index in [1.54, 1.807) is 18.3 Å². The van der Waals surface area contributed by atoms with Gasteiger partial charge in [-0.3, -0.25) is 4.79 Å². The lowest BCUT2D eigenvalue weighted by molar-refractivity contribution is -0.129. The number of nitrogens with one attached hydrogen (secondary N) is 2. The summed E-state index contributed by atoms with van der Waals surface area (Å²) in [7, 11) is 0. The summed E-state index contributed by atoms with van der Waals surface area (Å²) in [6, 6.07) is 13.0. The molecule has 1 aliphatic rings. The highest BCUT2D eigenvalue weighted by molar-refractivity contribution is 9.10.